The molecule has 0 atom stereocenters. The second-order valence-corrected chi connectivity index (χ2v) is 4.75. The zero-order valence-electron chi connectivity index (χ0n) is 9.49. The highest BCUT2D eigenvalue weighted by Gasteiger charge is 2.12. The van der Waals surface area contributed by atoms with E-state index >= 15 is 0 Å². The standard InChI is InChI=1S/C14H21N/c1-2-5-13(6-3-1)7-4-8-14-9-11-15-12-10-14/h9-13H,1-8H2. The first-order valence-electron chi connectivity index (χ1n) is 6.34. The van der Waals surface area contributed by atoms with E-state index in [0.29, 0.717) is 0 Å². The van der Waals surface area contributed by atoms with Gasteiger partial charge in [-0.3, -0.25) is 4.98 Å². The first kappa shape index (κ1) is 10.7. The van der Waals surface area contributed by atoms with Crippen molar-refractivity contribution in [3.05, 3.63) is 30.1 Å². The third-order valence-corrected chi connectivity index (χ3v) is 3.55. The van der Waals surface area contributed by atoms with Crippen LogP contribution in [0.15, 0.2) is 24.5 Å². The summed E-state index contributed by atoms with van der Waals surface area (Å²) in [6.45, 7) is 0. The van der Waals surface area contributed by atoms with Crippen LogP contribution in [0.3, 0.4) is 0 Å². The molecule has 1 fully saturated rings. The van der Waals surface area contributed by atoms with Gasteiger partial charge in [-0.2, -0.15) is 0 Å². The normalized spacial score (nSPS) is 17.9. The minimum absolute atomic E-state index is 1.03. The molecule has 0 N–H and O–H groups in total. The fourth-order valence-electron chi connectivity index (χ4n) is 2.62. The highest BCUT2D eigenvalue weighted by molar-refractivity contribution is 5.09. The molecule has 0 spiro atoms. The Morgan fingerprint density at radius 1 is 1.07 bits per heavy atom. The lowest BCUT2D eigenvalue weighted by atomic mass is 9.85. The molecular formula is C14H21N. The van der Waals surface area contributed by atoms with Gasteiger partial charge in [0, 0.05) is 12.4 Å². The molecule has 0 saturated heterocycles. The smallest absolute Gasteiger partial charge is 0.0270 e. The Morgan fingerprint density at radius 2 is 1.80 bits per heavy atom. The quantitative estimate of drug-likeness (QED) is 0.721. The molecule has 0 amide bonds. The van der Waals surface area contributed by atoms with Crippen molar-refractivity contribution in [3.8, 4) is 0 Å². The number of pyridine rings is 1. The molecule has 0 radical (unpaired) electrons. The van der Waals surface area contributed by atoms with E-state index in [1.807, 2.05) is 12.4 Å². The minimum Gasteiger partial charge on any atom is -0.265 e. The zero-order chi connectivity index (χ0) is 10.3. The van der Waals surface area contributed by atoms with Crippen molar-refractivity contribution in [1.29, 1.82) is 0 Å². The van der Waals surface area contributed by atoms with Gasteiger partial charge in [0.15, 0.2) is 0 Å². The summed E-state index contributed by atoms with van der Waals surface area (Å²) in [6.07, 6.45) is 15.2. The Bertz CT molecular complexity index is 262. The summed E-state index contributed by atoms with van der Waals surface area (Å²) in [5.41, 5.74) is 1.45. The maximum Gasteiger partial charge on any atom is 0.0270 e. The third-order valence-electron chi connectivity index (χ3n) is 3.55. The van der Waals surface area contributed by atoms with Crippen LogP contribution in [0, 0.1) is 5.92 Å². The van der Waals surface area contributed by atoms with Crippen molar-refractivity contribution in [2.45, 2.75) is 51.4 Å². The molecule has 1 nitrogen and oxygen atoms in total. The van der Waals surface area contributed by atoms with E-state index in [9.17, 15) is 0 Å². The van der Waals surface area contributed by atoms with Crippen molar-refractivity contribution in [3.63, 3.8) is 0 Å². The van der Waals surface area contributed by atoms with Crippen molar-refractivity contribution < 1.29 is 0 Å². The number of hydrogen-bond donors (Lipinski definition) is 0. The molecule has 0 aromatic carbocycles. The van der Waals surface area contributed by atoms with Gasteiger partial charge in [-0.1, -0.05) is 38.5 Å². The number of nitrogens with zero attached hydrogens (tertiary/aromatic N) is 1. The molecule has 15 heavy (non-hydrogen) atoms. The zero-order valence-corrected chi connectivity index (χ0v) is 9.49. The predicted octanol–water partition coefficient (Wildman–Crippen LogP) is 3.98. The summed E-state index contributed by atoms with van der Waals surface area (Å²) in [5, 5.41) is 0. The van der Waals surface area contributed by atoms with Crippen LogP contribution >= 0.6 is 0 Å². The van der Waals surface area contributed by atoms with E-state index in [-0.39, 0.29) is 0 Å². The molecule has 0 aliphatic heterocycles. The Labute approximate surface area is 92.9 Å². The van der Waals surface area contributed by atoms with Crippen LogP contribution in [0.2, 0.25) is 0 Å². The first-order chi connectivity index (χ1) is 7.45. The lowest BCUT2D eigenvalue weighted by molar-refractivity contribution is 0.332. The van der Waals surface area contributed by atoms with Crippen LogP contribution in [0.4, 0.5) is 0 Å². The van der Waals surface area contributed by atoms with Gasteiger partial charge in [-0.05, 0) is 36.5 Å². The molecule has 1 saturated carbocycles. The van der Waals surface area contributed by atoms with Crippen molar-refractivity contribution in [2.24, 2.45) is 5.92 Å². The van der Waals surface area contributed by atoms with Gasteiger partial charge in [0.2, 0.25) is 0 Å². The SMILES string of the molecule is c1cc(CCCC2CCCCC2)ccn1. The molecule has 1 aromatic heterocycles. The summed E-state index contributed by atoms with van der Waals surface area (Å²) < 4.78 is 0. The highest BCUT2D eigenvalue weighted by Crippen LogP contribution is 2.27. The molecule has 1 aliphatic rings. The average molecular weight is 203 g/mol. The monoisotopic (exact) mass is 203 g/mol. The van der Waals surface area contributed by atoms with Crippen LogP contribution in [-0.4, -0.2) is 4.98 Å². The average Bonchev–Trinajstić information content (AvgIpc) is 2.32. The van der Waals surface area contributed by atoms with Gasteiger partial charge < -0.3 is 0 Å². The fourth-order valence-corrected chi connectivity index (χ4v) is 2.62. The Morgan fingerprint density at radius 3 is 2.53 bits per heavy atom. The van der Waals surface area contributed by atoms with E-state index < -0.39 is 0 Å². The maximum atomic E-state index is 4.04. The number of rotatable bonds is 4. The van der Waals surface area contributed by atoms with E-state index in [2.05, 4.69) is 17.1 Å². The topological polar surface area (TPSA) is 12.9 Å². The first-order valence-corrected chi connectivity index (χ1v) is 6.34. The fraction of sp³-hybridized carbons (Fsp3) is 0.643. The Hall–Kier alpha value is -0.850. The number of aryl methyl sites for hydroxylation is 1. The lowest BCUT2D eigenvalue weighted by Gasteiger charge is -2.21. The van der Waals surface area contributed by atoms with Crippen LogP contribution in [0.5, 0.6) is 0 Å². The second-order valence-electron chi connectivity index (χ2n) is 4.75. The van der Waals surface area contributed by atoms with Crippen LogP contribution in [0.1, 0.15) is 50.5 Å². The number of aromatic nitrogens is 1. The number of hydrogen-bond acceptors (Lipinski definition) is 1. The largest absolute Gasteiger partial charge is 0.265 e. The molecule has 1 heteroatoms. The molecular weight excluding hydrogens is 182 g/mol. The minimum atomic E-state index is 1.03. The summed E-state index contributed by atoms with van der Waals surface area (Å²) in [4.78, 5) is 4.04. The van der Waals surface area contributed by atoms with Crippen molar-refractivity contribution in [2.75, 3.05) is 0 Å². The summed E-state index contributed by atoms with van der Waals surface area (Å²) in [6, 6.07) is 4.28. The van der Waals surface area contributed by atoms with Gasteiger partial charge in [0.1, 0.15) is 0 Å². The summed E-state index contributed by atoms with van der Waals surface area (Å²) in [5.74, 6) is 1.03. The maximum absolute atomic E-state index is 4.04. The molecule has 1 aliphatic carbocycles. The lowest BCUT2D eigenvalue weighted by Crippen LogP contribution is -2.06. The molecule has 0 bridgehead atoms. The van der Waals surface area contributed by atoms with Gasteiger partial charge in [0.05, 0.1) is 0 Å². The second kappa shape index (κ2) is 5.89. The third kappa shape index (κ3) is 3.65. The van der Waals surface area contributed by atoms with Crippen LogP contribution in [-0.2, 0) is 6.42 Å². The van der Waals surface area contributed by atoms with Gasteiger partial charge in [-0.15, -0.1) is 0 Å². The van der Waals surface area contributed by atoms with Crippen LogP contribution in [0.25, 0.3) is 0 Å². The molecule has 0 unspecified atom stereocenters. The van der Waals surface area contributed by atoms with Crippen molar-refractivity contribution >= 4 is 0 Å². The summed E-state index contributed by atoms with van der Waals surface area (Å²) in [7, 11) is 0. The van der Waals surface area contributed by atoms with Crippen molar-refractivity contribution in [1.82, 2.24) is 4.98 Å². The van der Waals surface area contributed by atoms with E-state index in [4.69, 9.17) is 0 Å². The molecule has 1 heterocycles. The van der Waals surface area contributed by atoms with Gasteiger partial charge in [0.25, 0.3) is 0 Å². The molecule has 2 rings (SSSR count). The Balaban J connectivity index is 1.66. The van der Waals surface area contributed by atoms with Gasteiger partial charge >= 0.3 is 0 Å². The van der Waals surface area contributed by atoms with Gasteiger partial charge in [-0.25, -0.2) is 0 Å². The molecule has 82 valence electrons. The predicted molar refractivity (Wildman–Crippen MR) is 63.8 cm³/mol. The highest BCUT2D eigenvalue weighted by atomic mass is 14.6. The summed E-state index contributed by atoms with van der Waals surface area (Å²) >= 11 is 0. The molecule has 1 aromatic rings. The van der Waals surface area contributed by atoms with Crippen LogP contribution < -0.4 is 0 Å². The Kier molecular flexibility index (Phi) is 4.19. The van der Waals surface area contributed by atoms with E-state index in [1.54, 1.807) is 0 Å². The van der Waals surface area contributed by atoms with E-state index in [1.165, 1.54) is 56.9 Å². The van der Waals surface area contributed by atoms with E-state index in [0.717, 1.165) is 5.92 Å².